The Morgan fingerprint density at radius 1 is 1.17 bits per heavy atom. The Kier molecular flexibility index (Phi) is 5.66. The van der Waals surface area contributed by atoms with Crippen LogP contribution in [-0.4, -0.2) is 61.4 Å². The largest absolute Gasteiger partial charge is 0.481 e. The highest BCUT2D eigenvalue weighted by Crippen LogP contribution is 2.21. The zero-order chi connectivity index (χ0) is 17.0. The number of carboxylic acids is 1. The molecule has 0 aromatic heterocycles. The molecule has 23 heavy (non-hydrogen) atoms. The molecule has 1 N–H and O–H groups in total. The predicted octanol–water partition coefficient (Wildman–Crippen LogP) is 1.14. The van der Waals surface area contributed by atoms with Crippen molar-refractivity contribution in [2.75, 3.05) is 32.7 Å². The second-order valence-corrected chi connectivity index (χ2v) is 7.22. The molecule has 0 saturated carbocycles. The van der Waals surface area contributed by atoms with E-state index in [1.165, 1.54) is 0 Å². The molecule has 1 saturated heterocycles. The van der Waals surface area contributed by atoms with E-state index in [0.29, 0.717) is 32.1 Å². The number of carboxylic acid groups (broad SMARTS) is 1. The van der Waals surface area contributed by atoms with Crippen molar-refractivity contribution in [1.82, 2.24) is 9.21 Å². The maximum atomic E-state index is 13.7. The molecule has 0 bridgehead atoms. The van der Waals surface area contributed by atoms with Crippen molar-refractivity contribution in [3.05, 3.63) is 29.8 Å². The molecule has 0 unspecified atom stereocenters. The van der Waals surface area contributed by atoms with Crippen LogP contribution in [-0.2, 0) is 14.8 Å². The Morgan fingerprint density at radius 2 is 1.83 bits per heavy atom. The standard InChI is InChI=1S/C14H18F2N2O4S/c15-11-3-4-12(16)13(10-11)23(21,22)18-8-6-17(7-9-18)5-1-2-14(19)20/h3-4,10H,1-2,5-9H2,(H,19,20). The molecule has 128 valence electrons. The van der Waals surface area contributed by atoms with Gasteiger partial charge in [0.05, 0.1) is 0 Å². The highest BCUT2D eigenvalue weighted by molar-refractivity contribution is 7.89. The maximum Gasteiger partial charge on any atom is 0.303 e. The first-order chi connectivity index (χ1) is 10.8. The van der Waals surface area contributed by atoms with Gasteiger partial charge in [-0.05, 0) is 31.2 Å². The number of hydrogen-bond donors (Lipinski definition) is 1. The van der Waals surface area contributed by atoms with Gasteiger partial charge in [0.1, 0.15) is 16.5 Å². The molecule has 1 aromatic rings. The summed E-state index contributed by atoms with van der Waals surface area (Å²) >= 11 is 0. The molecule has 9 heteroatoms. The van der Waals surface area contributed by atoms with E-state index in [1.807, 2.05) is 4.90 Å². The molecule has 0 amide bonds. The molecule has 2 rings (SSSR count). The van der Waals surface area contributed by atoms with Crippen LogP contribution in [0.25, 0.3) is 0 Å². The minimum absolute atomic E-state index is 0.0625. The fourth-order valence-corrected chi connectivity index (χ4v) is 3.96. The van der Waals surface area contributed by atoms with Gasteiger partial charge in [0.2, 0.25) is 10.0 Å². The van der Waals surface area contributed by atoms with Gasteiger partial charge in [-0.2, -0.15) is 4.31 Å². The van der Waals surface area contributed by atoms with E-state index in [2.05, 4.69) is 0 Å². The van der Waals surface area contributed by atoms with Gasteiger partial charge in [-0.3, -0.25) is 4.79 Å². The third kappa shape index (κ3) is 4.46. The number of piperazine rings is 1. The number of sulfonamides is 1. The summed E-state index contributed by atoms with van der Waals surface area (Å²) in [4.78, 5) is 11.8. The first kappa shape index (κ1) is 17.8. The summed E-state index contributed by atoms with van der Waals surface area (Å²) in [5.41, 5.74) is 0. The molecule has 1 aliphatic rings. The van der Waals surface area contributed by atoms with E-state index in [1.54, 1.807) is 0 Å². The summed E-state index contributed by atoms with van der Waals surface area (Å²) < 4.78 is 52.8. The second-order valence-electron chi connectivity index (χ2n) is 5.32. The average molecular weight is 348 g/mol. The summed E-state index contributed by atoms with van der Waals surface area (Å²) in [5.74, 6) is -2.65. The molecule has 0 spiro atoms. The number of nitrogens with zero attached hydrogens (tertiary/aromatic N) is 2. The fraction of sp³-hybridized carbons (Fsp3) is 0.500. The van der Waals surface area contributed by atoms with Gasteiger partial charge in [-0.25, -0.2) is 17.2 Å². The maximum absolute atomic E-state index is 13.7. The molecule has 1 fully saturated rings. The van der Waals surface area contributed by atoms with Crippen LogP contribution < -0.4 is 0 Å². The Bertz CT molecular complexity index is 673. The minimum Gasteiger partial charge on any atom is -0.481 e. The van der Waals surface area contributed by atoms with Gasteiger partial charge in [0, 0.05) is 32.6 Å². The van der Waals surface area contributed by atoms with Crippen LogP contribution in [0.15, 0.2) is 23.1 Å². The third-order valence-corrected chi connectivity index (χ3v) is 5.62. The number of aliphatic carboxylic acids is 1. The lowest BCUT2D eigenvalue weighted by atomic mass is 10.2. The Labute approximate surface area is 133 Å². The van der Waals surface area contributed by atoms with Crippen molar-refractivity contribution in [3.63, 3.8) is 0 Å². The monoisotopic (exact) mass is 348 g/mol. The Hall–Kier alpha value is -1.58. The predicted molar refractivity (Wildman–Crippen MR) is 78.4 cm³/mol. The number of carbonyl (C=O) groups is 1. The second kappa shape index (κ2) is 7.33. The summed E-state index contributed by atoms with van der Waals surface area (Å²) in [6.07, 6.45) is 0.549. The Balaban J connectivity index is 1.98. The number of hydrogen-bond acceptors (Lipinski definition) is 4. The lowest BCUT2D eigenvalue weighted by molar-refractivity contribution is -0.137. The molecule has 0 aliphatic carbocycles. The van der Waals surface area contributed by atoms with Gasteiger partial charge >= 0.3 is 5.97 Å². The summed E-state index contributed by atoms with van der Waals surface area (Å²) in [5, 5.41) is 8.59. The molecule has 1 aromatic carbocycles. The first-order valence-corrected chi connectivity index (χ1v) is 8.64. The summed E-state index contributed by atoms with van der Waals surface area (Å²) in [6, 6.07) is 2.35. The summed E-state index contributed by atoms with van der Waals surface area (Å²) in [6.45, 7) is 1.73. The van der Waals surface area contributed by atoms with Gasteiger partial charge in [0.15, 0.2) is 0 Å². The lowest BCUT2D eigenvalue weighted by Gasteiger charge is -2.33. The number of rotatable bonds is 6. The van der Waals surface area contributed by atoms with Crippen LogP contribution in [0.5, 0.6) is 0 Å². The van der Waals surface area contributed by atoms with Crippen LogP contribution >= 0.6 is 0 Å². The van der Waals surface area contributed by atoms with E-state index in [-0.39, 0.29) is 19.5 Å². The van der Waals surface area contributed by atoms with Gasteiger partial charge in [-0.1, -0.05) is 0 Å². The van der Waals surface area contributed by atoms with Crippen LogP contribution in [0.3, 0.4) is 0 Å². The van der Waals surface area contributed by atoms with E-state index >= 15 is 0 Å². The van der Waals surface area contributed by atoms with Crippen molar-refractivity contribution in [2.24, 2.45) is 0 Å². The van der Waals surface area contributed by atoms with Crippen molar-refractivity contribution < 1.29 is 27.1 Å². The van der Waals surface area contributed by atoms with Crippen LogP contribution in [0.4, 0.5) is 8.78 Å². The zero-order valence-electron chi connectivity index (χ0n) is 12.4. The normalized spacial score (nSPS) is 17.3. The van der Waals surface area contributed by atoms with E-state index < -0.39 is 32.5 Å². The molecular formula is C14H18F2N2O4S. The highest BCUT2D eigenvalue weighted by Gasteiger charge is 2.30. The fourth-order valence-electron chi connectivity index (χ4n) is 2.46. The molecule has 6 nitrogen and oxygen atoms in total. The average Bonchev–Trinajstić information content (AvgIpc) is 2.50. The van der Waals surface area contributed by atoms with E-state index in [4.69, 9.17) is 5.11 Å². The smallest absolute Gasteiger partial charge is 0.303 e. The summed E-state index contributed by atoms with van der Waals surface area (Å²) in [7, 11) is -4.08. The third-order valence-electron chi connectivity index (χ3n) is 3.71. The molecule has 0 radical (unpaired) electrons. The van der Waals surface area contributed by atoms with Crippen LogP contribution in [0, 0.1) is 11.6 Å². The highest BCUT2D eigenvalue weighted by atomic mass is 32.2. The molecule has 1 aliphatic heterocycles. The van der Waals surface area contributed by atoms with Gasteiger partial charge < -0.3 is 10.0 Å². The van der Waals surface area contributed by atoms with Crippen LogP contribution in [0.1, 0.15) is 12.8 Å². The van der Waals surface area contributed by atoms with Crippen molar-refractivity contribution in [2.45, 2.75) is 17.7 Å². The van der Waals surface area contributed by atoms with Gasteiger partial charge in [0.25, 0.3) is 0 Å². The molecule has 0 atom stereocenters. The Morgan fingerprint density at radius 3 is 2.43 bits per heavy atom. The van der Waals surface area contributed by atoms with Gasteiger partial charge in [-0.15, -0.1) is 0 Å². The number of benzene rings is 1. The van der Waals surface area contributed by atoms with Crippen molar-refractivity contribution >= 4 is 16.0 Å². The SMILES string of the molecule is O=C(O)CCCN1CCN(S(=O)(=O)c2cc(F)ccc2F)CC1. The molecular weight excluding hydrogens is 330 g/mol. The van der Waals surface area contributed by atoms with E-state index in [0.717, 1.165) is 16.4 Å². The van der Waals surface area contributed by atoms with Crippen molar-refractivity contribution in [1.29, 1.82) is 0 Å². The number of halogens is 2. The van der Waals surface area contributed by atoms with E-state index in [9.17, 15) is 22.0 Å². The zero-order valence-corrected chi connectivity index (χ0v) is 13.2. The van der Waals surface area contributed by atoms with Crippen molar-refractivity contribution in [3.8, 4) is 0 Å². The quantitative estimate of drug-likeness (QED) is 0.834. The first-order valence-electron chi connectivity index (χ1n) is 7.20. The lowest BCUT2D eigenvalue weighted by Crippen LogP contribution is -2.48. The minimum atomic E-state index is -4.08. The van der Waals surface area contributed by atoms with Crippen LogP contribution in [0.2, 0.25) is 0 Å². The topological polar surface area (TPSA) is 77.9 Å². The molecule has 1 heterocycles.